The highest BCUT2D eigenvalue weighted by atomic mass is 16.1. The summed E-state index contributed by atoms with van der Waals surface area (Å²) in [6.45, 7) is 8.99. The van der Waals surface area contributed by atoms with Crippen molar-refractivity contribution < 1.29 is 4.79 Å². The number of rotatable bonds is 6. The van der Waals surface area contributed by atoms with E-state index < -0.39 is 0 Å². The van der Waals surface area contributed by atoms with Crippen LogP contribution < -0.4 is 5.32 Å². The smallest absolute Gasteiger partial charge is 0.251 e. The number of amides is 1. The molecule has 0 aliphatic heterocycles. The van der Waals surface area contributed by atoms with Crippen LogP contribution in [0.2, 0.25) is 0 Å². The summed E-state index contributed by atoms with van der Waals surface area (Å²) in [4.78, 5) is 14.6. The summed E-state index contributed by atoms with van der Waals surface area (Å²) in [5.74, 6) is 0.0491. The number of hydrogen-bond acceptors (Lipinski definition) is 2. The summed E-state index contributed by atoms with van der Waals surface area (Å²) in [5.41, 5.74) is 3.05. The summed E-state index contributed by atoms with van der Waals surface area (Å²) in [7, 11) is 0. The van der Waals surface area contributed by atoms with Gasteiger partial charge in [-0.1, -0.05) is 19.1 Å². The molecule has 0 bridgehead atoms. The molecule has 1 aromatic carbocycles. The molecule has 0 atom stereocenters. The topological polar surface area (TPSA) is 32.3 Å². The summed E-state index contributed by atoms with van der Waals surface area (Å²) in [6.07, 6.45) is 2.64. The predicted molar refractivity (Wildman–Crippen MR) is 78.5 cm³/mol. The number of hydrogen-bond donors (Lipinski definition) is 1. The van der Waals surface area contributed by atoms with E-state index in [2.05, 4.69) is 17.1 Å². The summed E-state index contributed by atoms with van der Waals surface area (Å²) < 4.78 is 0. The van der Waals surface area contributed by atoms with Gasteiger partial charge in [0.25, 0.3) is 5.91 Å². The van der Waals surface area contributed by atoms with E-state index in [4.69, 9.17) is 0 Å². The molecule has 0 radical (unpaired) electrons. The van der Waals surface area contributed by atoms with Crippen LogP contribution in [0.15, 0.2) is 18.2 Å². The summed E-state index contributed by atoms with van der Waals surface area (Å²) in [5, 5.41) is 3.03. The zero-order valence-electron chi connectivity index (χ0n) is 12.2. The zero-order valence-corrected chi connectivity index (χ0v) is 12.2. The minimum absolute atomic E-state index is 0.0491. The molecule has 0 unspecified atom stereocenters. The van der Waals surface area contributed by atoms with Crippen molar-refractivity contribution in [1.82, 2.24) is 10.2 Å². The first-order chi connectivity index (χ1) is 9.13. The molecule has 3 heteroatoms. The van der Waals surface area contributed by atoms with Gasteiger partial charge in [-0.3, -0.25) is 9.69 Å². The standard InChI is InChI=1S/C16H24N2O/c1-4-18(14-8-9-14)11-10-17-16(19)15-7-5-6-12(2)13(15)3/h5-7,14H,4,8-11H2,1-3H3,(H,17,19). The lowest BCUT2D eigenvalue weighted by atomic mass is 10.0. The SMILES string of the molecule is CCN(CCNC(=O)c1cccc(C)c1C)C1CC1. The highest BCUT2D eigenvalue weighted by molar-refractivity contribution is 5.95. The van der Waals surface area contributed by atoms with E-state index in [1.165, 1.54) is 18.4 Å². The molecule has 1 amide bonds. The molecular formula is C16H24N2O. The van der Waals surface area contributed by atoms with Crippen LogP contribution >= 0.6 is 0 Å². The monoisotopic (exact) mass is 260 g/mol. The molecular weight excluding hydrogens is 236 g/mol. The van der Waals surface area contributed by atoms with Gasteiger partial charge in [-0.2, -0.15) is 0 Å². The van der Waals surface area contributed by atoms with Crippen LogP contribution in [0.5, 0.6) is 0 Å². The third-order valence-electron chi connectivity index (χ3n) is 4.00. The highest BCUT2D eigenvalue weighted by Crippen LogP contribution is 2.25. The van der Waals surface area contributed by atoms with Crippen molar-refractivity contribution in [3.63, 3.8) is 0 Å². The van der Waals surface area contributed by atoms with E-state index >= 15 is 0 Å². The number of benzene rings is 1. The second-order valence-electron chi connectivity index (χ2n) is 5.36. The average Bonchev–Trinajstić information content (AvgIpc) is 3.22. The van der Waals surface area contributed by atoms with E-state index in [0.29, 0.717) is 0 Å². The molecule has 1 aromatic rings. The minimum atomic E-state index is 0.0491. The Hall–Kier alpha value is -1.35. The van der Waals surface area contributed by atoms with Gasteiger partial charge in [-0.15, -0.1) is 0 Å². The molecule has 3 nitrogen and oxygen atoms in total. The molecule has 0 heterocycles. The third kappa shape index (κ3) is 3.57. The Morgan fingerprint density at radius 2 is 2.11 bits per heavy atom. The quantitative estimate of drug-likeness (QED) is 0.852. The molecule has 19 heavy (non-hydrogen) atoms. The maximum atomic E-state index is 12.1. The minimum Gasteiger partial charge on any atom is -0.351 e. The van der Waals surface area contributed by atoms with E-state index in [0.717, 1.165) is 36.8 Å². The number of aryl methyl sites for hydroxylation is 1. The first-order valence-electron chi connectivity index (χ1n) is 7.22. The number of carbonyl (C=O) groups excluding carboxylic acids is 1. The average molecular weight is 260 g/mol. The lowest BCUT2D eigenvalue weighted by Crippen LogP contribution is -2.36. The molecule has 104 valence electrons. The van der Waals surface area contributed by atoms with Gasteiger partial charge in [0.15, 0.2) is 0 Å². The van der Waals surface area contributed by atoms with Crippen molar-refractivity contribution in [3.8, 4) is 0 Å². The molecule has 0 spiro atoms. The largest absolute Gasteiger partial charge is 0.351 e. The van der Waals surface area contributed by atoms with Gasteiger partial charge in [0.05, 0.1) is 0 Å². The molecule has 1 N–H and O–H groups in total. The lowest BCUT2D eigenvalue weighted by Gasteiger charge is -2.20. The maximum absolute atomic E-state index is 12.1. The summed E-state index contributed by atoms with van der Waals surface area (Å²) >= 11 is 0. The van der Waals surface area contributed by atoms with Gasteiger partial charge in [0, 0.05) is 24.7 Å². The van der Waals surface area contributed by atoms with Gasteiger partial charge >= 0.3 is 0 Å². The molecule has 1 saturated carbocycles. The maximum Gasteiger partial charge on any atom is 0.251 e. The van der Waals surface area contributed by atoms with E-state index in [1.54, 1.807) is 0 Å². The van der Waals surface area contributed by atoms with Crippen molar-refractivity contribution in [2.24, 2.45) is 0 Å². The first kappa shape index (κ1) is 14.1. The lowest BCUT2D eigenvalue weighted by molar-refractivity contribution is 0.0947. The fraction of sp³-hybridized carbons (Fsp3) is 0.562. The van der Waals surface area contributed by atoms with E-state index in [9.17, 15) is 4.79 Å². The van der Waals surface area contributed by atoms with Crippen LogP contribution in [0.3, 0.4) is 0 Å². The van der Waals surface area contributed by atoms with Gasteiger partial charge in [0.2, 0.25) is 0 Å². The van der Waals surface area contributed by atoms with Gasteiger partial charge in [-0.05, 0) is 50.4 Å². The zero-order chi connectivity index (χ0) is 13.8. The molecule has 2 rings (SSSR count). The second-order valence-corrected chi connectivity index (χ2v) is 5.36. The van der Waals surface area contributed by atoms with Crippen LogP contribution in [-0.4, -0.2) is 36.5 Å². The predicted octanol–water partition coefficient (Wildman–Crippen LogP) is 2.52. The Morgan fingerprint density at radius 3 is 2.74 bits per heavy atom. The van der Waals surface area contributed by atoms with Crippen LogP contribution in [-0.2, 0) is 0 Å². The Bertz CT molecular complexity index is 452. The highest BCUT2D eigenvalue weighted by Gasteiger charge is 2.27. The van der Waals surface area contributed by atoms with Crippen LogP contribution in [0.1, 0.15) is 41.3 Å². The van der Waals surface area contributed by atoms with Gasteiger partial charge in [0.1, 0.15) is 0 Å². The van der Waals surface area contributed by atoms with Crippen molar-refractivity contribution in [2.45, 2.75) is 39.7 Å². The number of nitrogens with one attached hydrogen (secondary N) is 1. The number of nitrogens with zero attached hydrogens (tertiary/aromatic N) is 1. The Labute approximate surface area is 116 Å². The van der Waals surface area contributed by atoms with Gasteiger partial charge < -0.3 is 5.32 Å². The van der Waals surface area contributed by atoms with E-state index in [-0.39, 0.29) is 5.91 Å². The van der Waals surface area contributed by atoms with E-state index in [1.807, 2.05) is 32.0 Å². The van der Waals surface area contributed by atoms with Crippen molar-refractivity contribution >= 4 is 5.91 Å². The molecule has 1 aliphatic carbocycles. The first-order valence-corrected chi connectivity index (χ1v) is 7.22. The molecule has 0 aromatic heterocycles. The summed E-state index contributed by atoms with van der Waals surface area (Å²) in [6, 6.07) is 6.65. The number of likely N-dealkylation sites (N-methyl/N-ethyl adjacent to an activating group) is 1. The molecule has 1 aliphatic rings. The van der Waals surface area contributed by atoms with Crippen molar-refractivity contribution in [1.29, 1.82) is 0 Å². The Kier molecular flexibility index (Phi) is 4.59. The molecule has 0 saturated heterocycles. The van der Waals surface area contributed by atoms with Crippen molar-refractivity contribution in [2.75, 3.05) is 19.6 Å². The van der Waals surface area contributed by atoms with Crippen LogP contribution in [0.25, 0.3) is 0 Å². The third-order valence-corrected chi connectivity index (χ3v) is 4.00. The Morgan fingerprint density at radius 1 is 1.37 bits per heavy atom. The fourth-order valence-corrected chi connectivity index (χ4v) is 2.44. The van der Waals surface area contributed by atoms with Crippen molar-refractivity contribution in [3.05, 3.63) is 34.9 Å². The fourth-order valence-electron chi connectivity index (χ4n) is 2.44. The van der Waals surface area contributed by atoms with Crippen LogP contribution in [0, 0.1) is 13.8 Å². The number of carbonyl (C=O) groups is 1. The van der Waals surface area contributed by atoms with Gasteiger partial charge in [-0.25, -0.2) is 0 Å². The van der Waals surface area contributed by atoms with Crippen LogP contribution in [0.4, 0.5) is 0 Å². The molecule has 1 fully saturated rings. The normalized spacial score (nSPS) is 14.7. The Balaban J connectivity index is 1.85. The second kappa shape index (κ2) is 6.20.